The fourth-order valence-electron chi connectivity index (χ4n) is 3.54. The Kier molecular flexibility index (Phi) is 4.43. The number of hydrogen-bond acceptors (Lipinski definition) is 4. The van der Waals surface area contributed by atoms with Crippen LogP contribution in [0.15, 0.2) is 30.3 Å². The van der Waals surface area contributed by atoms with Crippen LogP contribution in [-0.2, 0) is 21.7 Å². The summed E-state index contributed by atoms with van der Waals surface area (Å²) in [6.07, 6.45) is -5.97. The minimum Gasteiger partial charge on any atom is -0.457 e. The van der Waals surface area contributed by atoms with E-state index in [1.807, 2.05) is 0 Å². The zero-order valence-electron chi connectivity index (χ0n) is 14.4. The highest BCUT2D eigenvalue weighted by molar-refractivity contribution is 5.65. The van der Waals surface area contributed by atoms with Gasteiger partial charge in [-0.25, -0.2) is 8.78 Å². The van der Waals surface area contributed by atoms with Gasteiger partial charge >= 0.3 is 12.2 Å². The molecular formula is C18H12F7NO3. The Labute approximate surface area is 159 Å². The van der Waals surface area contributed by atoms with Crippen molar-refractivity contribution in [1.29, 1.82) is 0 Å². The average molecular weight is 423 g/mol. The van der Waals surface area contributed by atoms with Crippen molar-refractivity contribution in [2.45, 2.75) is 24.4 Å². The molecule has 11 heteroatoms. The van der Waals surface area contributed by atoms with Crippen molar-refractivity contribution in [2.24, 2.45) is 0 Å². The highest BCUT2D eigenvalue weighted by atomic mass is 19.4. The van der Waals surface area contributed by atoms with E-state index in [0.29, 0.717) is 6.07 Å². The third-order valence-electron chi connectivity index (χ3n) is 4.51. The molecule has 0 saturated carbocycles. The smallest absolute Gasteiger partial charge is 0.457 e. The van der Waals surface area contributed by atoms with Gasteiger partial charge in [0.15, 0.2) is 0 Å². The number of fused-ring (bicyclic) bond motifs is 2. The molecule has 4 nitrogen and oxygen atoms in total. The Morgan fingerprint density at radius 2 is 1.59 bits per heavy atom. The van der Waals surface area contributed by atoms with Crippen LogP contribution in [0.5, 0.6) is 11.5 Å². The number of ether oxygens (including phenoxy) is 3. The summed E-state index contributed by atoms with van der Waals surface area (Å²) in [4.78, 5) is 0. The van der Waals surface area contributed by atoms with Crippen LogP contribution in [0.1, 0.15) is 11.1 Å². The van der Waals surface area contributed by atoms with Gasteiger partial charge in [-0.3, -0.25) is 5.32 Å². The van der Waals surface area contributed by atoms with E-state index in [1.165, 1.54) is 5.32 Å². The van der Waals surface area contributed by atoms with Crippen LogP contribution in [-0.4, -0.2) is 25.4 Å². The predicted molar refractivity (Wildman–Crippen MR) is 84.8 cm³/mol. The van der Waals surface area contributed by atoms with E-state index in [-0.39, 0.29) is 30.3 Å². The lowest BCUT2D eigenvalue weighted by atomic mass is 10.0. The number of benzene rings is 2. The van der Waals surface area contributed by atoms with Crippen molar-refractivity contribution < 1.29 is 44.9 Å². The van der Waals surface area contributed by atoms with Crippen molar-refractivity contribution >= 4 is 5.69 Å². The van der Waals surface area contributed by atoms with Gasteiger partial charge in [-0.2, -0.15) is 22.0 Å². The largest absolute Gasteiger partial charge is 0.482 e. The van der Waals surface area contributed by atoms with Gasteiger partial charge in [0, 0.05) is 35.7 Å². The van der Waals surface area contributed by atoms with Crippen LogP contribution in [0.4, 0.5) is 36.4 Å². The molecule has 0 bridgehead atoms. The average Bonchev–Trinajstić information content (AvgIpc) is 3.13. The Bertz CT molecular complexity index is 935. The number of halogens is 7. The quantitative estimate of drug-likeness (QED) is 0.552. The molecule has 156 valence electrons. The number of rotatable bonds is 3. The van der Waals surface area contributed by atoms with Gasteiger partial charge in [0.2, 0.25) is 0 Å². The molecule has 0 aromatic heterocycles. The standard InChI is InChI=1S/C18H12F7NO3/c19-9-5-10(20)7-11(6-9)29-14-2-1-13(26-18(23,24)25)15-12(14)8-16(21,22)17(15)27-3-4-28-17/h1-2,5-7,26H,3-4,8H2. The maximum atomic E-state index is 14.8. The van der Waals surface area contributed by atoms with Gasteiger partial charge in [0.05, 0.1) is 18.9 Å². The van der Waals surface area contributed by atoms with E-state index in [4.69, 9.17) is 14.2 Å². The summed E-state index contributed by atoms with van der Waals surface area (Å²) in [7, 11) is 0. The molecule has 0 amide bonds. The lowest BCUT2D eigenvalue weighted by Crippen LogP contribution is -2.43. The van der Waals surface area contributed by atoms with Gasteiger partial charge in [-0.15, -0.1) is 0 Å². The molecule has 0 atom stereocenters. The fraction of sp³-hybridized carbons (Fsp3) is 0.333. The molecule has 1 saturated heterocycles. The summed E-state index contributed by atoms with van der Waals surface area (Å²) in [5, 5.41) is 1.21. The lowest BCUT2D eigenvalue weighted by molar-refractivity contribution is -0.288. The fourth-order valence-corrected chi connectivity index (χ4v) is 3.54. The van der Waals surface area contributed by atoms with Crippen molar-refractivity contribution in [1.82, 2.24) is 0 Å². The topological polar surface area (TPSA) is 39.7 Å². The molecule has 1 aliphatic heterocycles. The molecule has 2 aromatic rings. The Balaban J connectivity index is 1.85. The first-order valence-electron chi connectivity index (χ1n) is 8.32. The first-order chi connectivity index (χ1) is 13.5. The molecule has 1 spiro atoms. The zero-order valence-corrected chi connectivity index (χ0v) is 14.4. The van der Waals surface area contributed by atoms with Crippen LogP contribution >= 0.6 is 0 Å². The molecule has 29 heavy (non-hydrogen) atoms. The minimum absolute atomic E-state index is 0.249. The van der Waals surface area contributed by atoms with Crippen LogP contribution in [0.25, 0.3) is 0 Å². The van der Waals surface area contributed by atoms with Gasteiger partial charge < -0.3 is 14.2 Å². The van der Waals surface area contributed by atoms with E-state index >= 15 is 0 Å². The highest BCUT2D eigenvalue weighted by Gasteiger charge is 2.67. The molecule has 2 aliphatic rings. The monoisotopic (exact) mass is 423 g/mol. The zero-order chi connectivity index (χ0) is 21.0. The third-order valence-corrected chi connectivity index (χ3v) is 4.51. The van der Waals surface area contributed by atoms with Crippen molar-refractivity contribution in [2.75, 3.05) is 18.5 Å². The van der Waals surface area contributed by atoms with Crippen molar-refractivity contribution in [3.63, 3.8) is 0 Å². The van der Waals surface area contributed by atoms with Crippen LogP contribution in [0.3, 0.4) is 0 Å². The predicted octanol–water partition coefficient (Wildman–Crippen LogP) is 5.08. The van der Waals surface area contributed by atoms with E-state index in [1.54, 1.807) is 0 Å². The molecule has 0 unspecified atom stereocenters. The van der Waals surface area contributed by atoms with Gasteiger partial charge in [0.1, 0.15) is 23.1 Å². The van der Waals surface area contributed by atoms with E-state index < -0.39 is 47.3 Å². The number of hydrogen-bond donors (Lipinski definition) is 1. The Hall–Kier alpha value is -2.53. The van der Waals surface area contributed by atoms with E-state index in [0.717, 1.165) is 24.3 Å². The molecule has 1 N–H and O–H groups in total. The molecule has 1 heterocycles. The molecule has 4 rings (SSSR count). The first-order valence-corrected chi connectivity index (χ1v) is 8.32. The summed E-state index contributed by atoms with van der Waals surface area (Å²) in [5.74, 6) is -9.03. The van der Waals surface area contributed by atoms with Gasteiger partial charge in [0.25, 0.3) is 5.79 Å². The summed E-state index contributed by atoms with van der Waals surface area (Å²) < 4.78 is 111. The number of alkyl halides is 5. The van der Waals surface area contributed by atoms with E-state index in [9.17, 15) is 30.7 Å². The molecule has 1 aliphatic carbocycles. The summed E-state index contributed by atoms with van der Waals surface area (Å²) >= 11 is 0. The number of nitrogens with one attached hydrogen (secondary N) is 1. The maximum absolute atomic E-state index is 14.8. The van der Waals surface area contributed by atoms with Crippen LogP contribution < -0.4 is 10.1 Å². The highest BCUT2D eigenvalue weighted by Crippen LogP contribution is 2.58. The number of anilines is 1. The molecule has 0 radical (unpaired) electrons. The summed E-state index contributed by atoms with van der Waals surface area (Å²) in [6, 6.07) is 4.06. The third kappa shape index (κ3) is 3.38. The molecular weight excluding hydrogens is 411 g/mol. The minimum atomic E-state index is -4.92. The Morgan fingerprint density at radius 3 is 2.17 bits per heavy atom. The van der Waals surface area contributed by atoms with Gasteiger partial charge in [-0.05, 0) is 12.1 Å². The van der Waals surface area contributed by atoms with Gasteiger partial charge in [-0.1, -0.05) is 0 Å². The summed E-state index contributed by atoms with van der Waals surface area (Å²) in [6.45, 7) is -0.499. The first kappa shape index (κ1) is 19.8. The maximum Gasteiger partial charge on any atom is 0.482 e. The van der Waals surface area contributed by atoms with Crippen molar-refractivity contribution in [3.8, 4) is 11.5 Å². The van der Waals surface area contributed by atoms with E-state index in [2.05, 4.69) is 0 Å². The second-order valence-corrected chi connectivity index (χ2v) is 6.49. The molecule has 2 aromatic carbocycles. The Morgan fingerprint density at radius 1 is 0.966 bits per heavy atom. The van der Waals surface area contributed by atoms with Crippen LogP contribution in [0.2, 0.25) is 0 Å². The van der Waals surface area contributed by atoms with Crippen molar-refractivity contribution in [3.05, 3.63) is 53.1 Å². The normalized spacial score (nSPS) is 19.4. The van der Waals surface area contributed by atoms with Crippen LogP contribution in [0, 0.1) is 11.6 Å². The summed E-state index contributed by atoms with van der Waals surface area (Å²) in [5.41, 5.74) is -1.58. The SMILES string of the molecule is Fc1cc(F)cc(Oc2ccc(NC(F)(F)F)c3c2CC(F)(F)C32OCCO2)c1. The second kappa shape index (κ2) is 6.49. The molecule has 1 fully saturated rings. The second-order valence-electron chi connectivity index (χ2n) is 6.49. The lowest BCUT2D eigenvalue weighted by Gasteiger charge is -2.31.